The number of rotatable bonds is 1. The van der Waals surface area contributed by atoms with E-state index < -0.39 is 0 Å². The lowest BCUT2D eigenvalue weighted by atomic mass is 10.1. The average molecular weight is 228 g/mol. The van der Waals surface area contributed by atoms with Crippen molar-refractivity contribution in [3.8, 4) is 0 Å². The van der Waals surface area contributed by atoms with Gasteiger partial charge in [0, 0.05) is 27.2 Å². The number of aldehydes is 1. The summed E-state index contributed by atoms with van der Waals surface area (Å²) in [6.45, 7) is 1.83. The third-order valence-corrected chi connectivity index (χ3v) is 2.68. The van der Waals surface area contributed by atoms with Gasteiger partial charge in [0.2, 0.25) is 0 Å². The number of halogens is 2. The molecule has 2 aromatic rings. The van der Waals surface area contributed by atoms with Crippen molar-refractivity contribution in [3.05, 3.63) is 33.4 Å². The number of aromatic nitrogens is 1. The molecule has 1 aromatic carbocycles. The van der Waals surface area contributed by atoms with Gasteiger partial charge in [0.15, 0.2) is 6.29 Å². The van der Waals surface area contributed by atoms with E-state index in [-0.39, 0.29) is 0 Å². The summed E-state index contributed by atoms with van der Waals surface area (Å²) >= 11 is 11.8. The van der Waals surface area contributed by atoms with E-state index in [1.54, 1.807) is 12.1 Å². The zero-order valence-electron chi connectivity index (χ0n) is 7.40. The summed E-state index contributed by atoms with van der Waals surface area (Å²) in [6.07, 6.45) is 0.800. The van der Waals surface area contributed by atoms with E-state index in [0.29, 0.717) is 15.6 Å². The Kier molecular flexibility index (Phi) is 2.25. The molecule has 4 heteroatoms. The molecule has 0 aliphatic rings. The Morgan fingerprint density at radius 2 is 2.07 bits per heavy atom. The zero-order chi connectivity index (χ0) is 10.3. The first kappa shape index (κ1) is 9.56. The lowest BCUT2D eigenvalue weighted by Gasteiger charge is -1.96. The molecule has 14 heavy (non-hydrogen) atoms. The summed E-state index contributed by atoms with van der Waals surface area (Å²) in [4.78, 5) is 13.9. The maximum Gasteiger partial charge on any atom is 0.152 e. The molecule has 0 unspecified atom stereocenters. The number of H-pyrrole nitrogens is 1. The van der Waals surface area contributed by atoms with Crippen LogP contribution in [-0.4, -0.2) is 11.3 Å². The second-order valence-corrected chi connectivity index (χ2v) is 3.94. The van der Waals surface area contributed by atoms with Gasteiger partial charge in [-0.3, -0.25) is 4.79 Å². The molecule has 1 heterocycles. The third kappa shape index (κ3) is 1.31. The van der Waals surface area contributed by atoms with Crippen LogP contribution >= 0.6 is 23.2 Å². The largest absolute Gasteiger partial charge is 0.358 e. The van der Waals surface area contributed by atoms with Gasteiger partial charge in [0.05, 0.1) is 5.02 Å². The third-order valence-electron chi connectivity index (χ3n) is 2.17. The number of nitrogens with one attached hydrogen (secondary N) is 1. The second-order valence-electron chi connectivity index (χ2n) is 3.09. The van der Waals surface area contributed by atoms with E-state index >= 15 is 0 Å². The molecular weight excluding hydrogens is 221 g/mol. The lowest BCUT2D eigenvalue weighted by molar-refractivity contribution is 0.112. The number of carbonyl (C=O) groups excluding carboxylic acids is 1. The van der Waals surface area contributed by atoms with E-state index in [4.69, 9.17) is 23.2 Å². The van der Waals surface area contributed by atoms with Crippen molar-refractivity contribution >= 4 is 40.4 Å². The van der Waals surface area contributed by atoms with Crippen LogP contribution in [0.2, 0.25) is 10.0 Å². The van der Waals surface area contributed by atoms with Crippen molar-refractivity contribution in [2.75, 3.05) is 0 Å². The van der Waals surface area contributed by atoms with Crippen LogP contribution in [0.25, 0.3) is 10.9 Å². The fourth-order valence-electron chi connectivity index (χ4n) is 1.55. The summed E-state index contributed by atoms with van der Waals surface area (Å²) in [5.74, 6) is 0. The molecule has 0 spiro atoms. The summed E-state index contributed by atoms with van der Waals surface area (Å²) in [5.41, 5.74) is 2.20. The monoisotopic (exact) mass is 227 g/mol. The minimum atomic E-state index is 0.499. The van der Waals surface area contributed by atoms with Gasteiger partial charge < -0.3 is 4.98 Å². The second kappa shape index (κ2) is 3.30. The van der Waals surface area contributed by atoms with Crippen LogP contribution in [0.3, 0.4) is 0 Å². The molecule has 0 amide bonds. The van der Waals surface area contributed by atoms with Crippen LogP contribution in [0.15, 0.2) is 12.1 Å². The molecule has 2 rings (SSSR count). The summed E-state index contributed by atoms with van der Waals surface area (Å²) in [5, 5.41) is 1.80. The number of hydrogen-bond acceptors (Lipinski definition) is 1. The molecule has 0 bridgehead atoms. The van der Waals surface area contributed by atoms with E-state index in [0.717, 1.165) is 22.9 Å². The first-order valence-electron chi connectivity index (χ1n) is 4.06. The first-order chi connectivity index (χ1) is 6.63. The van der Waals surface area contributed by atoms with Gasteiger partial charge in [0.25, 0.3) is 0 Å². The predicted molar refractivity (Wildman–Crippen MR) is 58.4 cm³/mol. The minimum absolute atomic E-state index is 0.499. The van der Waals surface area contributed by atoms with E-state index in [1.165, 1.54) is 0 Å². The zero-order valence-corrected chi connectivity index (χ0v) is 8.91. The van der Waals surface area contributed by atoms with Gasteiger partial charge in [0.1, 0.15) is 0 Å². The SMILES string of the molecule is Cc1[nH]c2cc(Cl)cc(Cl)c2c1C=O. The Morgan fingerprint density at radius 1 is 1.36 bits per heavy atom. The molecule has 1 N–H and O–H groups in total. The number of hydrogen-bond donors (Lipinski definition) is 1. The Morgan fingerprint density at radius 3 is 2.71 bits per heavy atom. The number of aryl methyl sites for hydroxylation is 1. The summed E-state index contributed by atoms with van der Waals surface area (Å²) in [7, 11) is 0. The van der Waals surface area contributed by atoms with Crippen LogP contribution in [0, 0.1) is 6.92 Å². The van der Waals surface area contributed by atoms with Crippen molar-refractivity contribution in [3.63, 3.8) is 0 Å². The van der Waals surface area contributed by atoms with Crippen LogP contribution < -0.4 is 0 Å². The fraction of sp³-hybridized carbons (Fsp3) is 0.100. The van der Waals surface area contributed by atoms with Crippen molar-refractivity contribution < 1.29 is 4.79 Å². The van der Waals surface area contributed by atoms with Crippen LogP contribution in [0.1, 0.15) is 16.1 Å². The summed E-state index contributed by atoms with van der Waals surface area (Å²) in [6, 6.07) is 3.38. The Labute approximate surface area is 90.8 Å². The van der Waals surface area contributed by atoms with Crippen molar-refractivity contribution in [2.24, 2.45) is 0 Å². The Bertz CT molecular complexity index is 516. The number of benzene rings is 1. The topological polar surface area (TPSA) is 32.9 Å². The molecule has 1 aromatic heterocycles. The molecule has 0 fully saturated rings. The quantitative estimate of drug-likeness (QED) is 0.743. The van der Waals surface area contributed by atoms with E-state index in [1.807, 2.05) is 6.92 Å². The molecular formula is C10H7Cl2NO. The Balaban J connectivity index is 2.95. The maximum absolute atomic E-state index is 10.8. The highest BCUT2D eigenvalue weighted by molar-refractivity contribution is 6.39. The molecule has 0 atom stereocenters. The van der Waals surface area contributed by atoms with E-state index in [9.17, 15) is 4.79 Å². The number of aromatic amines is 1. The number of carbonyl (C=O) groups is 1. The van der Waals surface area contributed by atoms with Gasteiger partial charge in [-0.25, -0.2) is 0 Å². The van der Waals surface area contributed by atoms with Gasteiger partial charge in [-0.1, -0.05) is 23.2 Å². The van der Waals surface area contributed by atoms with Crippen LogP contribution in [0.4, 0.5) is 0 Å². The van der Waals surface area contributed by atoms with Crippen molar-refractivity contribution in [1.82, 2.24) is 4.98 Å². The van der Waals surface area contributed by atoms with Gasteiger partial charge in [-0.15, -0.1) is 0 Å². The maximum atomic E-state index is 10.8. The number of fused-ring (bicyclic) bond motifs is 1. The lowest BCUT2D eigenvalue weighted by Crippen LogP contribution is -1.80. The van der Waals surface area contributed by atoms with Gasteiger partial charge in [-0.05, 0) is 19.1 Å². The Hall–Kier alpha value is -0.990. The summed E-state index contributed by atoms with van der Waals surface area (Å²) < 4.78 is 0. The molecule has 2 nitrogen and oxygen atoms in total. The molecule has 72 valence electrons. The minimum Gasteiger partial charge on any atom is -0.358 e. The molecule has 0 aliphatic heterocycles. The van der Waals surface area contributed by atoms with Crippen LogP contribution in [-0.2, 0) is 0 Å². The van der Waals surface area contributed by atoms with Crippen molar-refractivity contribution in [1.29, 1.82) is 0 Å². The van der Waals surface area contributed by atoms with E-state index in [2.05, 4.69) is 4.98 Å². The molecule has 0 saturated heterocycles. The predicted octanol–water partition coefficient (Wildman–Crippen LogP) is 3.60. The smallest absolute Gasteiger partial charge is 0.152 e. The molecule has 0 aliphatic carbocycles. The van der Waals surface area contributed by atoms with Gasteiger partial charge >= 0.3 is 0 Å². The van der Waals surface area contributed by atoms with Gasteiger partial charge in [-0.2, -0.15) is 0 Å². The standard InChI is InChI=1S/C10H7Cl2NO/c1-5-7(4-14)10-8(12)2-6(11)3-9(10)13-5/h2-4,13H,1H3. The highest BCUT2D eigenvalue weighted by Gasteiger charge is 2.11. The molecule has 0 radical (unpaired) electrons. The highest BCUT2D eigenvalue weighted by Crippen LogP contribution is 2.31. The van der Waals surface area contributed by atoms with Crippen molar-refractivity contribution in [2.45, 2.75) is 6.92 Å². The molecule has 0 saturated carbocycles. The van der Waals surface area contributed by atoms with Crippen LogP contribution in [0.5, 0.6) is 0 Å². The fourth-order valence-corrected chi connectivity index (χ4v) is 2.15. The highest BCUT2D eigenvalue weighted by atomic mass is 35.5. The normalized spacial score (nSPS) is 10.8. The first-order valence-corrected chi connectivity index (χ1v) is 4.81. The average Bonchev–Trinajstić information content (AvgIpc) is 2.40.